The summed E-state index contributed by atoms with van der Waals surface area (Å²) in [6, 6.07) is 13.5. The number of carbonyl (C=O) groups excluding carboxylic acids is 2. The molecule has 4 aromatic rings. The largest absolute Gasteiger partial charge is 0.337 e. The smallest absolute Gasteiger partial charge is 0.257 e. The summed E-state index contributed by atoms with van der Waals surface area (Å²) in [7, 11) is 0. The Morgan fingerprint density at radius 3 is 2.76 bits per heavy atom. The number of hydrogen-bond donors (Lipinski definition) is 1. The zero-order valence-electron chi connectivity index (χ0n) is 18.6. The van der Waals surface area contributed by atoms with Crippen LogP contribution in [0, 0.1) is 5.92 Å². The molecule has 0 fully saturated rings. The molecule has 2 amide bonds. The first-order chi connectivity index (χ1) is 16.0. The van der Waals surface area contributed by atoms with Crippen LogP contribution in [-0.2, 0) is 17.8 Å². The van der Waals surface area contributed by atoms with E-state index in [0.29, 0.717) is 48.2 Å². The number of hydrogen-bond acceptors (Lipinski definition) is 5. The lowest BCUT2D eigenvalue weighted by molar-refractivity contribution is -0.132. The molecule has 0 saturated carbocycles. The van der Waals surface area contributed by atoms with Crippen LogP contribution in [0.2, 0.25) is 0 Å². The summed E-state index contributed by atoms with van der Waals surface area (Å²) in [5.74, 6) is 0.296. The maximum Gasteiger partial charge on any atom is 0.257 e. The zero-order valence-corrected chi connectivity index (χ0v) is 19.4. The van der Waals surface area contributed by atoms with Crippen molar-refractivity contribution in [2.45, 2.75) is 33.2 Å². The fourth-order valence-corrected chi connectivity index (χ4v) is 5.00. The van der Waals surface area contributed by atoms with Gasteiger partial charge in [-0.2, -0.15) is 0 Å². The van der Waals surface area contributed by atoms with Crippen molar-refractivity contribution in [3.63, 3.8) is 0 Å². The van der Waals surface area contributed by atoms with Crippen LogP contribution >= 0.6 is 11.3 Å². The van der Waals surface area contributed by atoms with Gasteiger partial charge >= 0.3 is 0 Å². The van der Waals surface area contributed by atoms with Crippen molar-refractivity contribution in [3.05, 3.63) is 71.0 Å². The Morgan fingerprint density at radius 1 is 1.15 bits per heavy atom. The van der Waals surface area contributed by atoms with E-state index in [1.807, 2.05) is 52.0 Å². The Hall–Kier alpha value is -3.52. The lowest BCUT2D eigenvalue weighted by atomic mass is 10.1. The molecular formula is C25H25N5O2S. The van der Waals surface area contributed by atoms with Crippen LogP contribution in [0.3, 0.4) is 0 Å². The van der Waals surface area contributed by atoms with Crippen LogP contribution in [0.5, 0.6) is 0 Å². The van der Waals surface area contributed by atoms with Crippen LogP contribution in [0.15, 0.2) is 54.9 Å². The number of thiazole rings is 1. The highest BCUT2D eigenvalue weighted by Crippen LogP contribution is 2.29. The van der Waals surface area contributed by atoms with Crippen LogP contribution in [-0.4, -0.2) is 37.6 Å². The molecule has 1 aliphatic rings. The molecule has 1 aliphatic heterocycles. The van der Waals surface area contributed by atoms with Crippen LogP contribution < -0.4 is 5.32 Å². The fourth-order valence-electron chi connectivity index (χ4n) is 3.98. The number of fused-ring (bicyclic) bond motifs is 2. The quantitative estimate of drug-likeness (QED) is 0.472. The minimum absolute atomic E-state index is 0.178. The Labute approximate surface area is 196 Å². The predicted molar refractivity (Wildman–Crippen MR) is 129 cm³/mol. The van der Waals surface area contributed by atoms with Gasteiger partial charge in [-0.25, -0.2) is 9.97 Å². The van der Waals surface area contributed by atoms with Gasteiger partial charge in [0.15, 0.2) is 5.13 Å². The molecule has 5 rings (SSSR count). The molecule has 3 aromatic heterocycles. The van der Waals surface area contributed by atoms with E-state index in [2.05, 4.69) is 29.1 Å². The molecule has 0 unspecified atom stereocenters. The van der Waals surface area contributed by atoms with Gasteiger partial charge in [-0.15, -0.1) is 0 Å². The summed E-state index contributed by atoms with van der Waals surface area (Å²) in [4.78, 5) is 37.5. The first-order valence-corrected chi connectivity index (χ1v) is 11.9. The van der Waals surface area contributed by atoms with Crippen molar-refractivity contribution in [2.75, 3.05) is 11.9 Å². The highest BCUT2D eigenvalue weighted by molar-refractivity contribution is 7.15. The Morgan fingerprint density at radius 2 is 1.97 bits per heavy atom. The van der Waals surface area contributed by atoms with Crippen molar-refractivity contribution < 1.29 is 9.59 Å². The molecule has 0 spiro atoms. The molecule has 0 radical (unpaired) electrons. The molecule has 0 atom stereocenters. The normalized spacial score (nSPS) is 13.4. The lowest BCUT2D eigenvalue weighted by Gasteiger charge is -2.26. The van der Waals surface area contributed by atoms with E-state index in [1.54, 1.807) is 12.1 Å². The van der Waals surface area contributed by atoms with Crippen molar-refractivity contribution in [1.82, 2.24) is 19.3 Å². The van der Waals surface area contributed by atoms with Gasteiger partial charge in [0, 0.05) is 47.8 Å². The summed E-state index contributed by atoms with van der Waals surface area (Å²) in [5.41, 5.74) is 4.09. The van der Waals surface area contributed by atoms with E-state index in [9.17, 15) is 9.59 Å². The number of amides is 2. The van der Waals surface area contributed by atoms with Gasteiger partial charge in [0.25, 0.3) is 5.91 Å². The highest BCUT2D eigenvalue weighted by atomic mass is 32.1. The van der Waals surface area contributed by atoms with E-state index in [1.165, 1.54) is 11.3 Å². The average molecular weight is 460 g/mol. The number of nitrogens with zero attached hydrogens (tertiary/aromatic N) is 4. The SMILES string of the molecule is CC(C)CC(=O)N1CCc2nc(NC(=O)c3ccn4cc(-c5ccccc5)nc4c3)sc2C1. The second-order valence-corrected chi connectivity index (χ2v) is 9.76. The molecule has 0 bridgehead atoms. The molecular weight excluding hydrogens is 434 g/mol. The standard InChI is InChI=1S/C25H25N5O2S/c1-16(2)12-23(31)30-11-9-19-21(15-30)33-25(27-19)28-24(32)18-8-10-29-14-20(26-22(29)13-18)17-6-4-3-5-7-17/h3-8,10,13-14,16H,9,11-12,15H2,1-2H3,(H,27,28,32). The zero-order chi connectivity index (χ0) is 22.9. The Kier molecular flexibility index (Phi) is 5.68. The van der Waals surface area contributed by atoms with E-state index < -0.39 is 0 Å². The molecule has 0 saturated heterocycles. The van der Waals surface area contributed by atoms with Gasteiger partial charge in [-0.3, -0.25) is 14.9 Å². The van der Waals surface area contributed by atoms with Gasteiger partial charge in [0.2, 0.25) is 5.91 Å². The lowest BCUT2D eigenvalue weighted by Crippen LogP contribution is -2.36. The Balaban J connectivity index is 1.30. The number of aromatic nitrogens is 3. The second-order valence-electron chi connectivity index (χ2n) is 8.68. The molecule has 1 N–H and O–H groups in total. The summed E-state index contributed by atoms with van der Waals surface area (Å²) >= 11 is 1.45. The Bertz CT molecular complexity index is 1330. The van der Waals surface area contributed by atoms with Crippen LogP contribution in [0.25, 0.3) is 16.9 Å². The van der Waals surface area contributed by atoms with Crippen molar-refractivity contribution in [1.29, 1.82) is 0 Å². The van der Waals surface area contributed by atoms with E-state index in [4.69, 9.17) is 0 Å². The minimum atomic E-state index is -0.222. The van der Waals surface area contributed by atoms with Crippen molar-refractivity contribution >= 4 is 33.9 Å². The summed E-state index contributed by atoms with van der Waals surface area (Å²) in [6.45, 7) is 5.35. The van der Waals surface area contributed by atoms with E-state index in [0.717, 1.165) is 21.8 Å². The molecule has 1 aromatic carbocycles. The first kappa shape index (κ1) is 21.3. The molecule has 168 valence electrons. The van der Waals surface area contributed by atoms with Gasteiger partial charge in [-0.05, 0) is 18.1 Å². The second kappa shape index (κ2) is 8.78. The average Bonchev–Trinajstić information content (AvgIpc) is 3.41. The number of nitrogens with one attached hydrogen (secondary N) is 1. The summed E-state index contributed by atoms with van der Waals surface area (Å²) in [5, 5.41) is 3.49. The first-order valence-electron chi connectivity index (χ1n) is 11.1. The van der Waals surface area contributed by atoms with E-state index in [-0.39, 0.29) is 11.8 Å². The van der Waals surface area contributed by atoms with Crippen molar-refractivity contribution in [3.8, 4) is 11.3 Å². The highest BCUT2D eigenvalue weighted by Gasteiger charge is 2.25. The fraction of sp³-hybridized carbons (Fsp3) is 0.280. The van der Waals surface area contributed by atoms with Crippen LogP contribution in [0.1, 0.15) is 41.2 Å². The van der Waals surface area contributed by atoms with Crippen LogP contribution in [0.4, 0.5) is 5.13 Å². The van der Waals surface area contributed by atoms with Gasteiger partial charge in [0.1, 0.15) is 5.65 Å². The van der Waals surface area contributed by atoms with E-state index >= 15 is 0 Å². The topological polar surface area (TPSA) is 79.6 Å². The number of benzene rings is 1. The molecule has 33 heavy (non-hydrogen) atoms. The molecule has 8 heteroatoms. The third-order valence-electron chi connectivity index (χ3n) is 5.68. The van der Waals surface area contributed by atoms with Gasteiger partial charge < -0.3 is 9.30 Å². The number of rotatable bonds is 5. The molecule has 4 heterocycles. The maximum atomic E-state index is 12.9. The molecule has 7 nitrogen and oxygen atoms in total. The summed E-state index contributed by atoms with van der Waals surface area (Å²) in [6.07, 6.45) is 5.07. The summed E-state index contributed by atoms with van der Waals surface area (Å²) < 4.78 is 1.91. The van der Waals surface area contributed by atoms with Crippen molar-refractivity contribution in [2.24, 2.45) is 5.92 Å². The third kappa shape index (κ3) is 4.52. The van der Waals surface area contributed by atoms with Gasteiger partial charge in [-0.1, -0.05) is 55.5 Å². The molecule has 0 aliphatic carbocycles. The number of pyridine rings is 1. The minimum Gasteiger partial charge on any atom is -0.337 e. The monoisotopic (exact) mass is 459 g/mol. The van der Waals surface area contributed by atoms with Gasteiger partial charge in [0.05, 0.1) is 17.9 Å². The number of anilines is 1. The number of carbonyl (C=O) groups is 2. The maximum absolute atomic E-state index is 12.9. The predicted octanol–water partition coefficient (Wildman–Crippen LogP) is 4.64. The number of imidazole rings is 1. The third-order valence-corrected chi connectivity index (χ3v) is 6.68.